The van der Waals surface area contributed by atoms with Crippen molar-refractivity contribution >= 4 is 5.97 Å². The predicted molar refractivity (Wildman–Crippen MR) is 86.0 cm³/mol. The highest BCUT2D eigenvalue weighted by Crippen LogP contribution is 2.38. The lowest BCUT2D eigenvalue weighted by Crippen LogP contribution is -2.22. The Balaban J connectivity index is 1.78. The maximum absolute atomic E-state index is 11.6. The van der Waals surface area contributed by atoms with Crippen molar-refractivity contribution < 1.29 is 15.0 Å². The van der Waals surface area contributed by atoms with Gasteiger partial charge in [0.25, 0.3) is 0 Å². The van der Waals surface area contributed by atoms with Crippen molar-refractivity contribution in [3.8, 4) is 5.75 Å². The molecule has 120 valence electrons. The molecule has 2 aromatic rings. The number of aromatic hydroxyl groups is 1. The van der Waals surface area contributed by atoms with Crippen LogP contribution in [0, 0.1) is 0 Å². The molecule has 0 spiro atoms. The minimum atomic E-state index is -1.31. The van der Waals surface area contributed by atoms with E-state index in [1.807, 2.05) is 18.2 Å². The van der Waals surface area contributed by atoms with E-state index in [-0.39, 0.29) is 11.6 Å². The monoisotopic (exact) mass is 313 g/mol. The van der Waals surface area contributed by atoms with Gasteiger partial charge in [0.2, 0.25) is 5.43 Å². The molecule has 0 saturated heterocycles. The highest BCUT2D eigenvalue weighted by atomic mass is 16.4. The molecule has 0 bridgehead atoms. The fraction of sp³-hybridized carbons (Fsp3) is 0.333. The van der Waals surface area contributed by atoms with Gasteiger partial charge in [-0.15, -0.1) is 0 Å². The zero-order valence-electron chi connectivity index (χ0n) is 12.7. The Kier molecular flexibility index (Phi) is 4.19. The standard InChI is InChI=1S/C18H19NO4/c20-16-11-19(10-15(17(16)21)18(22)23)14-8-6-13(7-9-14)12-4-2-1-3-5-12/h1-5,10-11,13-14,20H,6-9H2,(H,22,23)/t13-,14-. The number of hydrogen-bond donors (Lipinski definition) is 2. The third-order valence-corrected chi connectivity index (χ3v) is 4.65. The molecular formula is C18H19NO4. The van der Waals surface area contributed by atoms with Crippen LogP contribution in [0.15, 0.2) is 47.5 Å². The molecule has 0 unspecified atom stereocenters. The van der Waals surface area contributed by atoms with Crippen molar-refractivity contribution in [2.45, 2.75) is 37.6 Å². The van der Waals surface area contributed by atoms with Gasteiger partial charge in [-0.05, 0) is 37.2 Å². The summed E-state index contributed by atoms with van der Waals surface area (Å²) < 4.78 is 1.68. The highest BCUT2D eigenvalue weighted by Gasteiger charge is 2.24. The Morgan fingerprint density at radius 1 is 1.04 bits per heavy atom. The highest BCUT2D eigenvalue weighted by molar-refractivity contribution is 5.87. The SMILES string of the molecule is O=C(O)c1cn([C@H]2CC[C@H](c3ccccc3)CC2)cc(O)c1=O. The van der Waals surface area contributed by atoms with Crippen LogP contribution in [0.4, 0.5) is 0 Å². The van der Waals surface area contributed by atoms with E-state index in [0.29, 0.717) is 5.92 Å². The molecule has 1 fully saturated rings. The molecular weight excluding hydrogens is 294 g/mol. The molecule has 1 aliphatic rings. The van der Waals surface area contributed by atoms with E-state index in [9.17, 15) is 14.7 Å². The molecule has 0 radical (unpaired) electrons. The topological polar surface area (TPSA) is 79.5 Å². The molecule has 5 heteroatoms. The molecule has 5 nitrogen and oxygen atoms in total. The van der Waals surface area contributed by atoms with Crippen LogP contribution < -0.4 is 5.43 Å². The number of benzene rings is 1. The average Bonchev–Trinajstić information content (AvgIpc) is 2.58. The Labute approximate surface area is 133 Å². The van der Waals surface area contributed by atoms with Crippen molar-refractivity contribution in [2.75, 3.05) is 0 Å². The molecule has 1 aliphatic carbocycles. The number of carbonyl (C=O) groups is 1. The number of aromatic carboxylic acids is 1. The fourth-order valence-corrected chi connectivity index (χ4v) is 3.38. The summed E-state index contributed by atoms with van der Waals surface area (Å²) in [5.41, 5.74) is 0.127. The van der Waals surface area contributed by atoms with Gasteiger partial charge in [0.05, 0.1) is 6.20 Å². The zero-order valence-corrected chi connectivity index (χ0v) is 12.7. The van der Waals surface area contributed by atoms with Crippen LogP contribution >= 0.6 is 0 Å². The fourth-order valence-electron chi connectivity index (χ4n) is 3.38. The largest absolute Gasteiger partial charge is 0.503 e. The van der Waals surface area contributed by atoms with Crippen molar-refractivity contribution in [1.29, 1.82) is 0 Å². The summed E-state index contributed by atoms with van der Waals surface area (Å²) in [6.45, 7) is 0. The van der Waals surface area contributed by atoms with E-state index < -0.39 is 17.1 Å². The molecule has 2 N–H and O–H groups in total. The number of rotatable bonds is 3. The molecule has 1 saturated carbocycles. The maximum atomic E-state index is 11.6. The van der Waals surface area contributed by atoms with Crippen molar-refractivity contribution in [3.05, 3.63) is 64.1 Å². The van der Waals surface area contributed by atoms with Crippen molar-refractivity contribution in [2.24, 2.45) is 0 Å². The van der Waals surface area contributed by atoms with Crippen LogP contribution in [0.2, 0.25) is 0 Å². The minimum Gasteiger partial charge on any atom is -0.503 e. The van der Waals surface area contributed by atoms with E-state index in [2.05, 4.69) is 12.1 Å². The van der Waals surface area contributed by atoms with E-state index in [1.54, 1.807) is 4.57 Å². The quantitative estimate of drug-likeness (QED) is 0.912. The maximum Gasteiger partial charge on any atom is 0.341 e. The summed E-state index contributed by atoms with van der Waals surface area (Å²) in [6, 6.07) is 10.5. The van der Waals surface area contributed by atoms with Gasteiger partial charge in [-0.3, -0.25) is 4.79 Å². The van der Waals surface area contributed by atoms with E-state index in [4.69, 9.17) is 5.11 Å². The van der Waals surface area contributed by atoms with Gasteiger partial charge in [0, 0.05) is 12.2 Å². The lowest BCUT2D eigenvalue weighted by atomic mass is 9.81. The summed E-state index contributed by atoms with van der Waals surface area (Å²) in [7, 11) is 0. The van der Waals surface area contributed by atoms with Crippen molar-refractivity contribution in [3.63, 3.8) is 0 Å². The van der Waals surface area contributed by atoms with Gasteiger partial charge in [-0.2, -0.15) is 0 Å². The van der Waals surface area contributed by atoms with Gasteiger partial charge in [0.1, 0.15) is 5.56 Å². The van der Waals surface area contributed by atoms with E-state index >= 15 is 0 Å². The Hall–Kier alpha value is -2.56. The first-order valence-corrected chi connectivity index (χ1v) is 7.79. The molecule has 3 rings (SSSR count). The third kappa shape index (κ3) is 3.13. The van der Waals surface area contributed by atoms with Crippen LogP contribution in [0.5, 0.6) is 5.75 Å². The number of carboxylic acids is 1. The molecule has 0 amide bonds. The molecule has 1 aromatic carbocycles. The Morgan fingerprint density at radius 3 is 2.30 bits per heavy atom. The van der Waals surface area contributed by atoms with Crippen LogP contribution in [-0.4, -0.2) is 20.7 Å². The van der Waals surface area contributed by atoms with Gasteiger partial charge < -0.3 is 14.8 Å². The number of hydrogen-bond acceptors (Lipinski definition) is 3. The second-order valence-corrected chi connectivity index (χ2v) is 6.05. The summed E-state index contributed by atoms with van der Waals surface area (Å²) in [6.07, 6.45) is 6.48. The molecule has 0 aliphatic heterocycles. The summed E-state index contributed by atoms with van der Waals surface area (Å²) in [5, 5.41) is 18.8. The van der Waals surface area contributed by atoms with Gasteiger partial charge in [-0.1, -0.05) is 30.3 Å². The molecule has 1 aromatic heterocycles. The second-order valence-electron chi connectivity index (χ2n) is 6.05. The normalized spacial score (nSPS) is 21.0. The van der Waals surface area contributed by atoms with Crippen LogP contribution in [0.3, 0.4) is 0 Å². The van der Waals surface area contributed by atoms with Gasteiger partial charge in [0.15, 0.2) is 5.75 Å². The second kappa shape index (κ2) is 6.28. The lowest BCUT2D eigenvalue weighted by Gasteiger charge is -2.30. The van der Waals surface area contributed by atoms with Crippen LogP contribution in [0.1, 0.15) is 53.6 Å². The molecule has 1 heterocycles. The Bertz CT molecular complexity index is 758. The number of carboxylic acid groups (broad SMARTS) is 1. The van der Waals surface area contributed by atoms with Crippen molar-refractivity contribution in [1.82, 2.24) is 4.57 Å². The first-order chi connectivity index (χ1) is 11.1. The van der Waals surface area contributed by atoms with E-state index in [1.165, 1.54) is 18.0 Å². The first kappa shape index (κ1) is 15.3. The minimum absolute atomic E-state index is 0.111. The predicted octanol–water partition coefficient (Wildman–Crippen LogP) is 3.15. The summed E-state index contributed by atoms with van der Waals surface area (Å²) in [5.74, 6) is -1.30. The zero-order chi connectivity index (χ0) is 16.4. The lowest BCUT2D eigenvalue weighted by molar-refractivity contribution is 0.0693. The first-order valence-electron chi connectivity index (χ1n) is 7.79. The molecule has 0 atom stereocenters. The number of pyridine rings is 1. The van der Waals surface area contributed by atoms with Crippen LogP contribution in [0.25, 0.3) is 0 Å². The van der Waals surface area contributed by atoms with Gasteiger partial charge >= 0.3 is 5.97 Å². The third-order valence-electron chi connectivity index (χ3n) is 4.65. The number of nitrogens with zero attached hydrogens (tertiary/aromatic N) is 1. The smallest absolute Gasteiger partial charge is 0.341 e. The van der Waals surface area contributed by atoms with Gasteiger partial charge in [-0.25, -0.2) is 4.79 Å². The van der Waals surface area contributed by atoms with Crippen LogP contribution in [-0.2, 0) is 0 Å². The number of aromatic nitrogens is 1. The van der Waals surface area contributed by atoms with E-state index in [0.717, 1.165) is 25.7 Å². The molecule has 23 heavy (non-hydrogen) atoms. The average molecular weight is 313 g/mol. The summed E-state index contributed by atoms with van der Waals surface area (Å²) >= 11 is 0. The Morgan fingerprint density at radius 2 is 1.70 bits per heavy atom. The summed E-state index contributed by atoms with van der Waals surface area (Å²) in [4.78, 5) is 22.8.